The van der Waals surface area contributed by atoms with Crippen LogP contribution in [0.3, 0.4) is 0 Å². The Labute approximate surface area is 181 Å². The largest absolute Gasteiger partial charge is 0.372 e. The Morgan fingerprint density at radius 1 is 1.16 bits per heavy atom. The SMILES string of the molecule is CC1CCC(NS(=O)(=O)c2ccc(NCc3nnc(C4CC4)n3C)c([N+](=O)[O-])c2)CC1. The molecular formula is C20H28N6O4S. The maximum absolute atomic E-state index is 12.8. The van der Waals surface area contributed by atoms with Crippen molar-refractivity contribution in [3.05, 3.63) is 40.0 Å². The molecule has 10 nitrogen and oxygen atoms in total. The molecule has 11 heteroatoms. The summed E-state index contributed by atoms with van der Waals surface area (Å²) in [6.07, 6.45) is 5.72. The first-order valence-electron chi connectivity index (χ1n) is 10.7. The Balaban J connectivity index is 1.49. The highest BCUT2D eigenvalue weighted by Gasteiger charge is 2.30. The predicted molar refractivity (Wildman–Crippen MR) is 115 cm³/mol. The number of nitrogens with one attached hydrogen (secondary N) is 2. The third kappa shape index (κ3) is 4.87. The van der Waals surface area contributed by atoms with E-state index in [0.717, 1.165) is 50.4 Å². The number of aromatic nitrogens is 3. The molecule has 0 amide bonds. The van der Waals surface area contributed by atoms with E-state index in [1.54, 1.807) is 0 Å². The Morgan fingerprint density at radius 3 is 2.52 bits per heavy atom. The highest BCUT2D eigenvalue weighted by molar-refractivity contribution is 7.89. The van der Waals surface area contributed by atoms with Gasteiger partial charge in [0.25, 0.3) is 5.69 Å². The number of rotatable bonds is 8. The van der Waals surface area contributed by atoms with Gasteiger partial charge >= 0.3 is 0 Å². The molecule has 2 aromatic rings. The van der Waals surface area contributed by atoms with E-state index in [9.17, 15) is 18.5 Å². The molecule has 0 atom stereocenters. The van der Waals surface area contributed by atoms with Gasteiger partial charge in [0.1, 0.15) is 11.5 Å². The molecule has 2 N–H and O–H groups in total. The van der Waals surface area contributed by atoms with Crippen molar-refractivity contribution in [3.8, 4) is 0 Å². The van der Waals surface area contributed by atoms with Crippen molar-refractivity contribution < 1.29 is 13.3 Å². The van der Waals surface area contributed by atoms with Crippen LogP contribution in [0.1, 0.15) is 63.0 Å². The van der Waals surface area contributed by atoms with Crippen LogP contribution in [0.2, 0.25) is 0 Å². The monoisotopic (exact) mass is 448 g/mol. The third-order valence-corrected chi connectivity index (χ3v) is 7.71. The summed E-state index contributed by atoms with van der Waals surface area (Å²) in [5.74, 6) is 2.64. The van der Waals surface area contributed by atoms with Crippen molar-refractivity contribution in [2.24, 2.45) is 13.0 Å². The maximum atomic E-state index is 12.8. The number of hydrogen-bond acceptors (Lipinski definition) is 7. The van der Waals surface area contributed by atoms with Gasteiger partial charge in [-0.1, -0.05) is 6.92 Å². The first kappa shape index (κ1) is 21.7. The molecule has 2 aliphatic carbocycles. The summed E-state index contributed by atoms with van der Waals surface area (Å²) in [6, 6.07) is 3.82. The Hall–Kier alpha value is -2.53. The van der Waals surface area contributed by atoms with Crippen LogP contribution in [0, 0.1) is 16.0 Å². The Bertz CT molecular complexity index is 1070. The standard InChI is InChI=1S/C20H28N6O4S/c1-13-3-7-15(8-4-13)24-31(29,30)16-9-10-17(18(11-16)26(27)28)21-12-19-22-23-20(25(19)2)14-5-6-14/h9-11,13-15,21,24H,3-8,12H2,1-2H3. The average Bonchev–Trinajstić information content (AvgIpc) is 3.50. The number of nitro groups is 1. The van der Waals surface area contributed by atoms with E-state index in [0.29, 0.717) is 17.7 Å². The molecule has 0 unspecified atom stereocenters. The fourth-order valence-electron chi connectivity index (χ4n) is 4.05. The lowest BCUT2D eigenvalue weighted by Gasteiger charge is -2.26. The fourth-order valence-corrected chi connectivity index (χ4v) is 5.37. The smallest absolute Gasteiger partial charge is 0.293 e. The maximum Gasteiger partial charge on any atom is 0.293 e. The van der Waals surface area contributed by atoms with Gasteiger partial charge in [-0.15, -0.1) is 10.2 Å². The number of nitro benzene ring substituents is 1. The molecule has 31 heavy (non-hydrogen) atoms. The minimum absolute atomic E-state index is 0.0990. The summed E-state index contributed by atoms with van der Waals surface area (Å²) in [6.45, 7) is 2.41. The van der Waals surface area contributed by atoms with Crippen LogP contribution in [0.15, 0.2) is 23.1 Å². The van der Waals surface area contributed by atoms with E-state index in [4.69, 9.17) is 0 Å². The zero-order chi connectivity index (χ0) is 22.2. The van der Waals surface area contributed by atoms with Crippen molar-refractivity contribution in [2.75, 3.05) is 5.32 Å². The van der Waals surface area contributed by atoms with Crippen LogP contribution in [-0.4, -0.2) is 34.1 Å². The van der Waals surface area contributed by atoms with Crippen LogP contribution < -0.4 is 10.0 Å². The fraction of sp³-hybridized carbons (Fsp3) is 0.600. The van der Waals surface area contributed by atoms with E-state index in [-0.39, 0.29) is 28.9 Å². The van der Waals surface area contributed by atoms with Crippen molar-refractivity contribution in [3.63, 3.8) is 0 Å². The van der Waals surface area contributed by atoms with Gasteiger partial charge in [-0.2, -0.15) is 0 Å². The molecule has 1 aromatic heterocycles. The number of anilines is 1. The van der Waals surface area contributed by atoms with Crippen molar-refractivity contribution in [2.45, 2.75) is 68.8 Å². The van der Waals surface area contributed by atoms with Gasteiger partial charge in [-0.05, 0) is 56.6 Å². The zero-order valence-electron chi connectivity index (χ0n) is 17.7. The van der Waals surface area contributed by atoms with Crippen molar-refractivity contribution in [1.82, 2.24) is 19.5 Å². The van der Waals surface area contributed by atoms with Gasteiger partial charge in [0, 0.05) is 25.1 Å². The highest BCUT2D eigenvalue weighted by atomic mass is 32.2. The average molecular weight is 449 g/mol. The Kier molecular flexibility index (Phi) is 5.98. The molecule has 0 saturated heterocycles. The van der Waals surface area contributed by atoms with E-state index in [1.165, 1.54) is 12.1 Å². The quantitative estimate of drug-likeness (QED) is 0.468. The van der Waals surface area contributed by atoms with Crippen LogP contribution in [0.4, 0.5) is 11.4 Å². The van der Waals surface area contributed by atoms with Crippen molar-refractivity contribution >= 4 is 21.4 Å². The summed E-state index contributed by atoms with van der Waals surface area (Å²) in [7, 11) is -1.95. The lowest BCUT2D eigenvalue weighted by Crippen LogP contribution is -2.37. The molecule has 4 rings (SSSR count). The van der Waals surface area contributed by atoms with Gasteiger partial charge in [-0.25, -0.2) is 13.1 Å². The lowest BCUT2D eigenvalue weighted by molar-refractivity contribution is -0.384. The number of benzene rings is 1. The van der Waals surface area contributed by atoms with Gasteiger partial charge in [0.2, 0.25) is 10.0 Å². The van der Waals surface area contributed by atoms with Crippen molar-refractivity contribution in [1.29, 1.82) is 0 Å². The van der Waals surface area contributed by atoms with E-state index < -0.39 is 14.9 Å². The molecular weight excluding hydrogens is 420 g/mol. The molecule has 0 aliphatic heterocycles. The lowest BCUT2D eigenvalue weighted by atomic mass is 9.88. The van der Waals surface area contributed by atoms with Gasteiger partial charge in [0.05, 0.1) is 16.4 Å². The molecule has 1 aromatic carbocycles. The van der Waals surface area contributed by atoms with Crippen LogP contribution in [-0.2, 0) is 23.6 Å². The van der Waals surface area contributed by atoms with E-state index in [2.05, 4.69) is 27.2 Å². The first-order valence-corrected chi connectivity index (χ1v) is 12.2. The number of sulfonamides is 1. The molecule has 2 aliphatic rings. The topological polar surface area (TPSA) is 132 Å². The molecule has 0 radical (unpaired) electrons. The van der Waals surface area contributed by atoms with Crippen LogP contribution in [0.5, 0.6) is 0 Å². The first-order chi connectivity index (χ1) is 14.7. The second-order valence-electron chi connectivity index (χ2n) is 8.68. The summed E-state index contributed by atoms with van der Waals surface area (Å²) in [4.78, 5) is 11.0. The molecule has 168 valence electrons. The van der Waals surface area contributed by atoms with Gasteiger partial charge < -0.3 is 9.88 Å². The number of nitrogens with zero attached hydrogens (tertiary/aromatic N) is 4. The predicted octanol–water partition coefficient (Wildman–Crippen LogP) is 3.07. The second kappa shape index (κ2) is 8.54. The number of hydrogen-bond donors (Lipinski definition) is 2. The van der Waals surface area contributed by atoms with Gasteiger partial charge in [0.15, 0.2) is 5.82 Å². The Morgan fingerprint density at radius 2 is 1.87 bits per heavy atom. The van der Waals surface area contributed by atoms with Gasteiger partial charge in [-0.3, -0.25) is 10.1 Å². The van der Waals surface area contributed by atoms with E-state index in [1.807, 2.05) is 11.6 Å². The molecule has 2 saturated carbocycles. The van der Waals surface area contributed by atoms with Crippen LogP contribution >= 0.6 is 0 Å². The molecule has 0 spiro atoms. The summed E-state index contributed by atoms with van der Waals surface area (Å²) >= 11 is 0. The summed E-state index contributed by atoms with van der Waals surface area (Å²) in [5, 5.41) is 23.0. The zero-order valence-corrected chi connectivity index (χ0v) is 18.6. The summed E-state index contributed by atoms with van der Waals surface area (Å²) in [5.41, 5.74) is -0.0452. The molecule has 1 heterocycles. The minimum Gasteiger partial charge on any atom is -0.372 e. The summed E-state index contributed by atoms with van der Waals surface area (Å²) < 4.78 is 30.2. The molecule has 2 fully saturated rings. The molecule has 0 bridgehead atoms. The van der Waals surface area contributed by atoms with Crippen LogP contribution in [0.25, 0.3) is 0 Å². The van der Waals surface area contributed by atoms with E-state index >= 15 is 0 Å². The second-order valence-corrected chi connectivity index (χ2v) is 10.4. The highest BCUT2D eigenvalue weighted by Crippen LogP contribution is 2.39. The minimum atomic E-state index is -3.83. The normalized spacial score (nSPS) is 21.7. The third-order valence-electron chi connectivity index (χ3n) is 6.19.